The lowest BCUT2D eigenvalue weighted by Crippen LogP contribution is -2.52. The lowest BCUT2D eigenvalue weighted by atomic mass is 9.94. The molecule has 1 N–H and O–H groups in total. The largest absolute Gasteiger partial charge is 0.354 e. The molecule has 1 fully saturated rings. The van der Waals surface area contributed by atoms with Crippen molar-refractivity contribution in [1.82, 2.24) is 10.2 Å². The van der Waals surface area contributed by atoms with Crippen molar-refractivity contribution in [3.63, 3.8) is 0 Å². The van der Waals surface area contributed by atoms with Crippen LogP contribution >= 0.6 is 0 Å². The summed E-state index contributed by atoms with van der Waals surface area (Å²) in [7, 11) is 2.18. The van der Waals surface area contributed by atoms with E-state index >= 15 is 0 Å². The summed E-state index contributed by atoms with van der Waals surface area (Å²) in [6.45, 7) is 8.05. The Balaban J connectivity index is 1.97. The molecule has 1 atom stereocenters. The minimum absolute atomic E-state index is 0.0917. The monoisotopic (exact) mass is 302 g/mol. The highest BCUT2D eigenvalue weighted by Crippen LogP contribution is 2.34. The van der Waals surface area contributed by atoms with Gasteiger partial charge in [-0.25, -0.2) is 0 Å². The molecule has 3 nitrogen and oxygen atoms in total. The summed E-state index contributed by atoms with van der Waals surface area (Å²) >= 11 is 0. The number of carbonyl (C=O) groups excluding carboxylic acids is 1. The van der Waals surface area contributed by atoms with Gasteiger partial charge in [-0.3, -0.25) is 9.69 Å². The maximum Gasteiger partial charge on any atom is 0.227 e. The third-order valence-corrected chi connectivity index (χ3v) is 5.38. The van der Waals surface area contributed by atoms with Crippen molar-refractivity contribution in [2.75, 3.05) is 20.1 Å². The van der Waals surface area contributed by atoms with Crippen LogP contribution in [-0.4, -0.2) is 36.5 Å². The second kappa shape index (κ2) is 7.28. The molecule has 0 saturated heterocycles. The number of hydrogen-bond donors (Lipinski definition) is 1. The highest BCUT2D eigenvalue weighted by molar-refractivity contribution is 5.83. The molecule has 1 aromatic carbocycles. The van der Waals surface area contributed by atoms with Crippen molar-refractivity contribution < 1.29 is 4.79 Å². The van der Waals surface area contributed by atoms with Crippen LogP contribution in [0.1, 0.15) is 56.6 Å². The van der Waals surface area contributed by atoms with Gasteiger partial charge in [-0.1, -0.05) is 49.6 Å². The van der Waals surface area contributed by atoms with E-state index in [4.69, 9.17) is 0 Å². The topological polar surface area (TPSA) is 32.3 Å². The summed E-state index contributed by atoms with van der Waals surface area (Å²) in [6.07, 6.45) is 4.93. The fraction of sp³-hybridized carbons (Fsp3) is 0.632. The van der Waals surface area contributed by atoms with Gasteiger partial charge < -0.3 is 5.32 Å². The standard InChI is InChI=1S/C19H30N2O/c1-5-21(4)19(12-6-7-13-19)14-20-18(22)16(3)17-10-8-15(2)9-11-17/h8-11,16H,5-7,12-14H2,1-4H3,(H,20,22). The molecular formula is C19H30N2O. The van der Waals surface area contributed by atoms with Gasteiger partial charge >= 0.3 is 0 Å². The molecule has 3 heteroatoms. The fourth-order valence-electron chi connectivity index (χ4n) is 3.47. The highest BCUT2D eigenvalue weighted by atomic mass is 16.1. The Kier molecular flexibility index (Phi) is 5.63. The van der Waals surface area contributed by atoms with E-state index in [-0.39, 0.29) is 17.4 Å². The lowest BCUT2D eigenvalue weighted by molar-refractivity contribution is -0.122. The summed E-state index contributed by atoms with van der Waals surface area (Å²) in [5, 5.41) is 3.21. The van der Waals surface area contributed by atoms with Gasteiger partial charge in [0.2, 0.25) is 5.91 Å². The molecule has 1 amide bonds. The van der Waals surface area contributed by atoms with E-state index in [1.807, 2.05) is 6.92 Å². The van der Waals surface area contributed by atoms with Crippen molar-refractivity contribution in [2.24, 2.45) is 0 Å². The van der Waals surface area contributed by atoms with Crippen LogP contribution in [0.15, 0.2) is 24.3 Å². The van der Waals surface area contributed by atoms with Crippen LogP contribution in [-0.2, 0) is 4.79 Å². The van der Waals surface area contributed by atoms with Crippen LogP contribution in [0.3, 0.4) is 0 Å². The molecule has 2 rings (SSSR count). The van der Waals surface area contributed by atoms with Crippen LogP contribution in [0, 0.1) is 6.92 Å². The van der Waals surface area contributed by atoms with Gasteiger partial charge in [0, 0.05) is 12.1 Å². The zero-order valence-corrected chi connectivity index (χ0v) is 14.5. The summed E-state index contributed by atoms with van der Waals surface area (Å²) < 4.78 is 0. The molecule has 1 aliphatic carbocycles. The van der Waals surface area contributed by atoms with Crippen molar-refractivity contribution in [3.05, 3.63) is 35.4 Å². The molecule has 1 aromatic rings. The molecule has 0 radical (unpaired) electrons. The smallest absolute Gasteiger partial charge is 0.227 e. The Labute approximate surface area is 135 Å². The van der Waals surface area contributed by atoms with Gasteiger partial charge in [0.05, 0.1) is 5.92 Å². The van der Waals surface area contributed by atoms with Gasteiger partial charge in [0.15, 0.2) is 0 Å². The Morgan fingerprint density at radius 3 is 2.41 bits per heavy atom. The highest BCUT2D eigenvalue weighted by Gasteiger charge is 2.37. The Hall–Kier alpha value is -1.35. The number of benzene rings is 1. The van der Waals surface area contributed by atoms with Crippen molar-refractivity contribution in [1.29, 1.82) is 0 Å². The van der Waals surface area contributed by atoms with Gasteiger partial charge in [-0.2, -0.15) is 0 Å². The average molecular weight is 302 g/mol. The van der Waals surface area contributed by atoms with Crippen LogP contribution in [0.25, 0.3) is 0 Å². The van der Waals surface area contributed by atoms with Crippen LogP contribution in [0.4, 0.5) is 0 Å². The van der Waals surface area contributed by atoms with E-state index in [1.54, 1.807) is 0 Å². The van der Waals surface area contributed by atoms with E-state index < -0.39 is 0 Å². The predicted molar refractivity (Wildman–Crippen MR) is 92.1 cm³/mol. The molecule has 22 heavy (non-hydrogen) atoms. The molecule has 1 aliphatic rings. The maximum absolute atomic E-state index is 12.5. The van der Waals surface area contributed by atoms with E-state index in [2.05, 4.69) is 55.4 Å². The van der Waals surface area contributed by atoms with Crippen LogP contribution in [0.5, 0.6) is 0 Å². The first-order valence-electron chi connectivity index (χ1n) is 8.54. The number of carbonyl (C=O) groups is 1. The predicted octanol–water partition coefficient (Wildman–Crippen LogP) is 3.48. The van der Waals surface area contributed by atoms with Gasteiger partial charge in [-0.05, 0) is 45.8 Å². The number of likely N-dealkylation sites (N-methyl/N-ethyl adjacent to an activating group) is 1. The molecule has 0 aliphatic heterocycles. The molecule has 1 unspecified atom stereocenters. The maximum atomic E-state index is 12.5. The average Bonchev–Trinajstić information content (AvgIpc) is 3.02. The van der Waals surface area contributed by atoms with E-state index in [9.17, 15) is 4.79 Å². The number of rotatable bonds is 6. The third-order valence-electron chi connectivity index (χ3n) is 5.38. The third kappa shape index (κ3) is 3.70. The van der Waals surface area contributed by atoms with Crippen molar-refractivity contribution in [2.45, 2.75) is 57.9 Å². The van der Waals surface area contributed by atoms with E-state index in [0.29, 0.717) is 0 Å². The van der Waals surface area contributed by atoms with Crippen LogP contribution < -0.4 is 5.32 Å². The minimum atomic E-state index is -0.0917. The molecule has 0 bridgehead atoms. The lowest BCUT2D eigenvalue weighted by Gasteiger charge is -2.38. The minimum Gasteiger partial charge on any atom is -0.354 e. The first kappa shape index (κ1) is 17.0. The number of hydrogen-bond acceptors (Lipinski definition) is 2. The first-order chi connectivity index (χ1) is 10.5. The number of amides is 1. The zero-order chi connectivity index (χ0) is 16.2. The van der Waals surface area contributed by atoms with Crippen molar-refractivity contribution in [3.8, 4) is 0 Å². The Bertz CT molecular complexity index is 489. The quantitative estimate of drug-likeness (QED) is 0.872. The van der Waals surface area contributed by atoms with Gasteiger partial charge in [0.1, 0.15) is 0 Å². The molecule has 0 spiro atoms. The molecule has 0 heterocycles. The number of aryl methyl sites for hydroxylation is 1. The van der Waals surface area contributed by atoms with Crippen LogP contribution in [0.2, 0.25) is 0 Å². The van der Waals surface area contributed by atoms with E-state index in [1.165, 1.54) is 31.2 Å². The summed E-state index contributed by atoms with van der Waals surface area (Å²) in [5.74, 6) is 0.0469. The second-order valence-electron chi connectivity index (χ2n) is 6.80. The fourth-order valence-corrected chi connectivity index (χ4v) is 3.47. The van der Waals surface area contributed by atoms with Crippen molar-refractivity contribution >= 4 is 5.91 Å². The molecule has 122 valence electrons. The molecule has 0 aromatic heterocycles. The second-order valence-corrected chi connectivity index (χ2v) is 6.80. The normalized spacial score (nSPS) is 18.4. The Morgan fingerprint density at radius 1 is 1.27 bits per heavy atom. The zero-order valence-electron chi connectivity index (χ0n) is 14.5. The molecule has 1 saturated carbocycles. The molecular weight excluding hydrogens is 272 g/mol. The summed E-state index contributed by atoms with van der Waals surface area (Å²) in [5.41, 5.74) is 2.48. The Morgan fingerprint density at radius 2 is 1.86 bits per heavy atom. The summed E-state index contributed by atoms with van der Waals surface area (Å²) in [4.78, 5) is 14.9. The SMILES string of the molecule is CCN(C)C1(CNC(=O)C(C)c2ccc(C)cc2)CCCC1. The van der Waals surface area contributed by atoms with Gasteiger partial charge in [-0.15, -0.1) is 0 Å². The van der Waals surface area contributed by atoms with E-state index in [0.717, 1.165) is 18.7 Å². The summed E-state index contributed by atoms with van der Waals surface area (Å²) in [6, 6.07) is 8.26. The first-order valence-corrected chi connectivity index (χ1v) is 8.54. The van der Waals surface area contributed by atoms with Gasteiger partial charge in [0.25, 0.3) is 0 Å². The number of nitrogens with zero attached hydrogens (tertiary/aromatic N) is 1. The number of nitrogens with one attached hydrogen (secondary N) is 1.